The molecule has 2 aromatic rings. The van der Waals surface area contributed by atoms with Gasteiger partial charge in [0.1, 0.15) is 6.04 Å². The third kappa shape index (κ3) is 4.43. The van der Waals surface area contributed by atoms with Gasteiger partial charge in [-0.25, -0.2) is 8.42 Å². The van der Waals surface area contributed by atoms with Crippen molar-refractivity contribution in [2.45, 2.75) is 40.7 Å². The fourth-order valence-electron chi connectivity index (χ4n) is 2.78. The van der Waals surface area contributed by atoms with Gasteiger partial charge < -0.3 is 5.32 Å². The van der Waals surface area contributed by atoms with E-state index in [2.05, 4.69) is 5.32 Å². The topological polar surface area (TPSA) is 66.5 Å². The van der Waals surface area contributed by atoms with Gasteiger partial charge in [0.05, 0.1) is 11.9 Å². The van der Waals surface area contributed by atoms with Gasteiger partial charge in [0.15, 0.2) is 0 Å². The number of hydrogen-bond acceptors (Lipinski definition) is 3. The molecule has 5 nitrogen and oxygen atoms in total. The van der Waals surface area contributed by atoms with Crippen LogP contribution in [0.25, 0.3) is 0 Å². The van der Waals surface area contributed by atoms with Crippen molar-refractivity contribution >= 4 is 27.3 Å². The van der Waals surface area contributed by atoms with Gasteiger partial charge in [-0.05, 0) is 75.1 Å². The van der Waals surface area contributed by atoms with Gasteiger partial charge in [-0.15, -0.1) is 0 Å². The maximum Gasteiger partial charge on any atom is 0.248 e. The molecule has 1 amide bonds. The second kappa shape index (κ2) is 7.50. The van der Waals surface area contributed by atoms with Gasteiger partial charge in [-0.3, -0.25) is 9.10 Å². The number of aryl methyl sites for hydroxylation is 4. The molecule has 0 spiro atoms. The molecule has 0 aliphatic heterocycles. The van der Waals surface area contributed by atoms with Gasteiger partial charge in [0, 0.05) is 5.69 Å². The molecule has 1 atom stereocenters. The van der Waals surface area contributed by atoms with E-state index in [-0.39, 0.29) is 5.91 Å². The third-order valence-corrected chi connectivity index (χ3v) is 5.73. The van der Waals surface area contributed by atoms with Crippen LogP contribution in [0.2, 0.25) is 0 Å². The predicted octanol–water partition coefficient (Wildman–Crippen LogP) is 3.71. The van der Waals surface area contributed by atoms with Gasteiger partial charge in [-0.1, -0.05) is 18.2 Å². The number of rotatable bonds is 5. The van der Waals surface area contributed by atoms with E-state index >= 15 is 0 Å². The largest absolute Gasteiger partial charge is 0.324 e. The number of amides is 1. The van der Waals surface area contributed by atoms with Crippen molar-refractivity contribution in [3.05, 3.63) is 58.7 Å². The number of benzene rings is 2. The lowest BCUT2D eigenvalue weighted by molar-refractivity contribution is -0.116. The normalized spacial score (nSPS) is 12.5. The lowest BCUT2D eigenvalue weighted by atomic mass is 10.1. The first kappa shape index (κ1) is 20.0. The zero-order chi connectivity index (χ0) is 19.6. The summed E-state index contributed by atoms with van der Waals surface area (Å²) in [6, 6.07) is 10.3. The van der Waals surface area contributed by atoms with Crippen LogP contribution in [0, 0.1) is 27.7 Å². The monoisotopic (exact) mass is 374 g/mol. The molecule has 0 saturated heterocycles. The second-order valence-electron chi connectivity index (χ2n) is 6.81. The third-order valence-electron chi connectivity index (χ3n) is 4.48. The first-order valence-corrected chi connectivity index (χ1v) is 10.3. The Hall–Kier alpha value is -2.34. The summed E-state index contributed by atoms with van der Waals surface area (Å²) in [7, 11) is -3.63. The molecule has 2 rings (SSSR count). The molecular formula is C20H26N2O3S. The highest BCUT2D eigenvalue weighted by Gasteiger charge is 2.29. The Bertz CT molecular complexity index is 936. The molecule has 0 bridgehead atoms. The Morgan fingerprint density at radius 3 is 2.15 bits per heavy atom. The van der Waals surface area contributed by atoms with Crippen molar-refractivity contribution in [2.24, 2.45) is 0 Å². The van der Waals surface area contributed by atoms with E-state index in [1.54, 1.807) is 19.1 Å². The van der Waals surface area contributed by atoms with Crippen LogP contribution in [0.15, 0.2) is 36.4 Å². The summed E-state index contributed by atoms with van der Waals surface area (Å²) in [4.78, 5) is 12.8. The molecule has 140 valence electrons. The number of nitrogens with zero attached hydrogens (tertiary/aromatic N) is 1. The number of carbonyl (C=O) groups is 1. The zero-order valence-electron chi connectivity index (χ0n) is 16.1. The SMILES string of the molecule is Cc1ccc(C)c(NC(=O)[C@H](C)N(c2ccc(C)c(C)c2)S(C)(=O)=O)c1. The average molecular weight is 375 g/mol. The first-order valence-electron chi connectivity index (χ1n) is 8.45. The Labute approximate surface area is 156 Å². The average Bonchev–Trinajstić information content (AvgIpc) is 2.53. The minimum atomic E-state index is -3.63. The summed E-state index contributed by atoms with van der Waals surface area (Å²) in [5, 5.41) is 2.85. The van der Waals surface area contributed by atoms with Gasteiger partial charge in [0.2, 0.25) is 15.9 Å². The minimum absolute atomic E-state index is 0.373. The molecule has 0 aromatic heterocycles. The van der Waals surface area contributed by atoms with E-state index in [4.69, 9.17) is 0 Å². The highest BCUT2D eigenvalue weighted by Crippen LogP contribution is 2.25. The van der Waals surface area contributed by atoms with Gasteiger partial charge >= 0.3 is 0 Å². The summed E-state index contributed by atoms with van der Waals surface area (Å²) in [5.41, 5.74) is 5.16. The van der Waals surface area contributed by atoms with Crippen LogP contribution in [0.1, 0.15) is 29.2 Å². The van der Waals surface area contributed by atoms with Crippen molar-refractivity contribution in [3.8, 4) is 0 Å². The fraction of sp³-hybridized carbons (Fsp3) is 0.350. The number of anilines is 2. The Balaban J connectivity index is 2.37. The zero-order valence-corrected chi connectivity index (χ0v) is 16.9. The predicted molar refractivity (Wildman–Crippen MR) is 107 cm³/mol. The summed E-state index contributed by atoms with van der Waals surface area (Å²) in [5.74, 6) is -0.373. The first-order chi connectivity index (χ1) is 12.0. The maximum absolute atomic E-state index is 12.8. The number of sulfonamides is 1. The summed E-state index contributed by atoms with van der Waals surface area (Å²) >= 11 is 0. The standard InChI is InChI=1S/C20H26N2O3S/c1-13-7-8-15(3)19(11-13)21-20(23)17(5)22(26(6,24)25)18-10-9-14(2)16(4)12-18/h7-12,17H,1-6H3,(H,21,23)/t17-/m0/s1. The molecule has 1 N–H and O–H groups in total. The minimum Gasteiger partial charge on any atom is -0.324 e. The molecule has 0 aliphatic carbocycles. The van der Waals surface area contributed by atoms with Crippen LogP contribution in [0.5, 0.6) is 0 Å². The highest BCUT2D eigenvalue weighted by molar-refractivity contribution is 7.92. The van der Waals surface area contributed by atoms with Gasteiger partial charge in [0.25, 0.3) is 0 Å². The summed E-state index contributed by atoms with van der Waals surface area (Å²) < 4.78 is 26.0. The van der Waals surface area contributed by atoms with Crippen molar-refractivity contribution in [1.29, 1.82) is 0 Å². The maximum atomic E-state index is 12.8. The summed E-state index contributed by atoms with van der Waals surface area (Å²) in [6.45, 7) is 9.31. The molecule has 6 heteroatoms. The van der Waals surface area contributed by atoms with Crippen molar-refractivity contribution in [3.63, 3.8) is 0 Å². The van der Waals surface area contributed by atoms with Crippen molar-refractivity contribution in [2.75, 3.05) is 15.9 Å². The van der Waals surface area contributed by atoms with Crippen LogP contribution in [0.4, 0.5) is 11.4 Å². The molecule has 0 heterocycles. The Kier molecular flexibility index (Phi) is 5.76. The molecule has 0 saturated carbocycles. The molecule has 0 radical (unpaired) electrons. The van der Waals surface area contributed by atoms with E-state index in [0.29, 0.717) is 11.4 Å². The van der Waals surface area contributed by atoms with Crippen molar-refractivity contribution in [1.82, 2.24) is 0 Å². The van der Waals surface area contributed by atoms with Crippen LogP contribution >= 0.6 is 0 Å². The van der Waals surface area contributed by atoms with Gasteiger partial charge in [-0.2, -0.15) is 0 Å². The van der Waals surface area contributed by atoms with Crippen LogP contribution in [-0.2, 0) is 14.8 Å². The van der Waals surface area contributed by atoms with E-state index in [1.807, 2.05) is 52.0 Å². The fourth-order valence-corrected chi connectivity index (χ4v) is 3.95. The quantitative estimate of drug-likeness (QED) is 0.867. The smallest absolute Gasteiger partial charge is 0.248 e. The Morgan fingerprint density at radius 2 is 1.58 bits per heavy atom. The molecule has 0 fully saturated rings. The number of carbonyl (C=O) groups excluding carboxylic acids is 1. The van der Waals surface area contributed by atoms with E-state index in [0.717, 1.165) is 28.5 Å². The van der Waals surface area contributed by atoms with Crippen LogP contribution in [-0.4, -0.2) is 26.6 Å². The number of nitrogens with one attached hydrogen (secondary N) is 1. The highest BCUT2D eigenvalue weighted by atomic mass is 32.2. The molecule has 0 unspecified atom stereocenters. The molecule has 2 aromatic carbocycles. The van der Waals surface area contributed by atoms with Crippen LogP contribution in [0.3, 0.4) is 0 Å². The van der Waals surface area contributed by atoms with Crippen LogP contribution < -0.4 is 9.62 Å². The number of hydrogen-bond donors (Lipinski definition) is 1. The van der Waals surface area contributed by atoms with E-state index < -0.39 is 16.1 Å². The van der Waals surface area contributed by atoms with Crippen molar-refractivity contribution < 1.29 is 13.2 Å². The lowest BCUT2D eigenvalue weighted by Gasteiger charge is -2.29. The molecule has 26 heavy (non-hydrogen) atoms. The molecular weight excluding hydrogens is 348 g/mol. The lowest BCUT2D eigenvalue weighted by Crippen LogP contribution is -2.45. The van der Waals surface area contributed by atoms with E-state index in [9.17, 15) is 13.2 Å². The summed E-state index contributed by atoms with van der Waals surface area (Å²) in [6.07, 6.45) is 1.11. The second-order valence-corrected chi connectivity index (χ2v) is 8.67. The molecule has 0 aliphatic rings. The Morgan fingerprint density at radius 1 is 0.962 bits per heavy atom. The van der Waals surface area contributed by atoms with E-state index in [1.165, 1.54) is 4.31 Å².